The summed E-state index contributed by atoms with van der Waals surface area (Å²) in [5, 5.41) is 12.4. The van der Waals surface area contributed by atoms with Gasteiger partial charge in [-0.1, -0.05) is 60.9 Å². The number of aromatic nitrogens is 3. The summed E-state index contributed by atoms with van der Waals surface area (Å²) in [5.41, 5.74) is 3.21. The number of benzene rings is 1. The van der Waals surface area contributed by atoms with Crippen molar-refractivity contribution < 1.29 is 14.3 Å². The summed E-state index contributed by atoms with van der Waals surface area (Å²) >= 11 is 2.60. The van der Waals surface area contributed by atoms with Gasteiger partial charge in [0.15, 0.2) is 5.82 Å². The second-order valence-electron chi connectivity index (χ2n) is 8.71. The molecule has 0 bridgehead atoms. The molecule has 186 valence electrons. The van der Waals surface area contributed by atoms with Gasteiger partial charge in [0, 0.05) is 16.4 Å². The van der Waals surface area contributed by atoms with Crippen LogP contribution >= 0.6 is 23.1 Å². The van der Waals surface area contributed by atoms with E-state index >= 15 is 0 Å². The number of hydrogen-bond acceptors (Lipinski definition) is 8. The molecule has 1 aromatic carbocycles. The largest absolute Gasteiger partial charge is 0.462 e. The van der Waals surface area contributed by atoms with Crippen molar-refractivity contribution in [1.82, 2.24) is 14.9 Å². The molecule has 2 aromatic heterocycles. The molecule has 1 aliphatic rings. The van der Waals surface area contributed by atoms with Crippen LogP contribution in [0.4, 0.5) is 5.00 Å². The van der Waals surface area contributed by atoms with E-state index in [0.717, 1.165) is 40.2 Å². The number of anilines is 1. The predicted octanol–water partition coefficient (Wildman–Crippen LogP) is 5.29. The molecule has 1 aliphatic carbocycles. The van der Waals surface area contributed by atoms with Gasteiger partial charge in [-0.05, 0) is 39.2 Å². The third kappa shape index (κ3) is 5.70. The first-order valence-corrected chi connectivity index (χ1v) is 13.7. The van der Waals surface area contributed by atoms with E-state index in [4.69, 9.17) is 10.6 Å². The topological polar surface area (TPSA) is 112 Å². The van der Waals surface area contributed by atoms with Crippen LogP contribution in [0.25, 0.3) is 11.1 Å². The van der Waals surface area contributed by atoms with E-state index in [2.05, 4.69) is 15.5 Å². The van der Waals surface area contributed by atoms with Crippen molar-refractivity contribution in [3.8, 4) is 11.1 Å². The number of nitrogens with zero attached hydrogens (tertiary/aromatic N) is 3. The maximum Gasteiger partial charge on any atom is 0.341 e. The summed E-state index contributed by atoms with van der Waals surface area (Å²) in [7, 11) is 0. The molecule has 0 radical (unpaired) electrons. The molecular formula is C25H31N5O3S2. The number of ether oxygens (including phenoxy) is 1. The van der Waals surface area contributed by atoms with E-state index in [1.54, 1.807) is 6.92 Å². The van der Waals surface area contributed by atoms with Crippen molar-refractivity contribution in [3.05, 3.63) is 46.1 Å². The molecule has 3 aromatic rings. The van der Waals surface area contributed by atoms with E-state index < -0.39 is 5.97 Å². The highest BCUT2D eigenvalue weighted by Crippen LogP contribution is 2.40. The zero-order chi connectivity index (χ0) is 24.9. The van der Waals surface area contributed by atoms with Gasteiger partial charge in [0.25, 0.3) is 0 Å². The fraction of sp³-hybridized carbons (Fsp3) is 0.440. The Morgan fingerprint density at radius 1 is 1.17 bits per heavy atom. The lowest BCUT2D eigenvalue weighted by molar-refractivity contribution is -0.113. The first-order chi connectivity index (χ1) is 16.9. The summed E-state index contributed by atoms with van der Waals surface area (Å²) in [6.45, 7) is 5.97. The Morgan fingerprint density at radius 3 is 2.57 bits per heavy atom. The minimum absolute atomic E-state index is 0.0963. The fourth-order valence-corrected chi connectivity index (χ4v) is 6.16. The van der Waals surface area contributed by atoms with Gasteiger partial charge in [-0.3, -0.25) is 4.79 Å². The highest BCUT2D eigenvalue weighted by molar-refractivity contribution is 7.99. The fourth-order valence-electron chi connectivity index (χ4n) is 4.42. The highest BCUT2D eigenvalue weighted by Gasteiger charge is 2.26. The number of carbonyl (C=O) groups excluding carboxylic acids is 2. The van der Waals surface area contributed by atoms with Gasteiger partial charge in [0.1, 0.15) is 10.6 Å². The van der Waals surface area contributed by atoms with Crippen molar-refractivity contribution in [1.29, 1.82) is 0 Å². The molecule has 8 nitrogen and oxygen atoms in total. The van der Waals surface area contributed by atoms with E-state index in [0.29, 0.717) is 21.6 Å². The molecule has 4 rings (SSSR count). The molecule has 1 fully saturated rings. The molecule has 3 N–H and O–H groups in total. The number of thiophene rings is 1. The second-order valence-corrected chi connectivity index (χ2v) is 10.9. The second kappa shape index (κ2) is 11.3. The quantitative estimate of drug-likeness (QED) is 0.239. The van der Waals surface area contributed by atoms with Crippen LogP contribution in [0.15, 0.2) is 29.4 Å². The van der Waals surface area contributed by atoms with Gasteiger partial charge in [0.2, 0.25) is 11.1 Å². The average molecular weight is 514 g/mol. The van der Waals surface area contributed by atoms with Crippen LogP contribution in [-0.2, 0) is 9.53 Å². The van der Waals surface area contributed by atoms with E-state index in [1.807, 2.05) is 38.1 Å². The molecule has 0 unspecified atom stereocenters. The standard InChI is InChI=1S/C25H31N5O3S2/c1-4-33-24(32)21-20(17-12-10-15(2)11-13-17)16(3)35-23(21)27-19(31)14-34-25-29-28-22(30(25)26)18-8-6-5-7-9-18/h10-13,18H,4-9,14,26H2,1-3H3,(H,27,31). The van der Waals surface area contributed by atoms with Gasteiger partial charge >= 0.3 is 5.97 Å². The Labute approximate surface area is 213 Å². The average Bonchev–Trinajstić information content (AvgIpc) is 3.38. The number of nitrogens with one attached hydrogen (secondary N) is 1. The van der Waals surface area contributed by atoms with Gasteiger partial charge in [-0.2, -0.15) is 0 Å². The van der Waals surface area contributed by atoms with Crippen LogP contribution < -0.4 is 11.2 Å². The highest BCUT2D eigenvalue weighted by atomic mass is 32.2. The predicted molar refractivity (Wildman–Crippen MR) is 141 cm³/mol. The van der Waals surface area contributed by atoms with E-state index in [-0.39, 0.29) is 18.3 Å². The first kappa shape index (κ1) is 25.2. The molecule has 0 spiro atoms. The molecule has 2 heterocycles. The zero-order valence-corrected chi connectivity index (χ0v) is 21.9. The third-order valence-electron chi connectivity index (χ3n) is 6.15. The minimum Gasteiger partial charge on any atom is -0.462 e. The molecule has 35 heavy (non-hydrogen) atoms. The maximum atomic E-state index is 12.9. The number of hydrogen-bond donors (Lipinski definition) is 2. The third-order valence-corrected chi connectivity index (χ3v) is 8.11. The summed E-state index contributed by atoms with van der Waals surface area (Å²) in [6.07, 6.45) is 5.74. The molecule has 10 heteroatoms. The maximum absolute atomic E-state index is 12.9. The van der Waals surface area contributed by atoms with E-state index in [1.165, 1.54) is 47.0 Å². The lowest BCUT2D eigenvalue weighted by Gasteiger charge is -2.20. The van der Waals surface area contributed by atoms with Gasteiger partial charge < -0.3 is 15.9 Å². The lowest BCUT2D eigenvalue weighted by atomic mass is 9.89. The summed E-state index contributed by atoms with van der Waals surface area (Å²) in [5.74, 6) is 6.76. The van der Waals surface area contributed by atoms with Crippen LogP contribution in [0.5, 0.6) is 0 Å². The number of thioether (sulfide) groups is 1. The Hall–Kier alpha value is -2.85. The van der Waals surface area contributed by atoms with Crippen LogP contribution in [0.2, 0.25) is 0 Å². The zero-order valence-electron chi connectivity index (χ0n) is 20.3. The summed E-state index contributed by atoms with van der Waals surface area (Å²) in [6, 6.07) is 7.96. The van der Waals surface area contributed by atoms with Crippen LogP contribution in [0.1, 0.15) is 71.6 Å². The van der Waals surface area contributed by atoms with Gasteiger partial charge in [-0.25, -0.2) is 9.47 Å². The van der Waals surface area contributed by atoms with Crippen molar-refractivity contribution in [3.63, 3.8) is 0 Å². The number of amides is 1. The number of esters is 1. The number of aryl methyl sites for hydroxylation is 2. The lowest BCUT2D eigenvalue weighted by Crippen LogP contribution is -2.20. The SMILES string of the molecule is CCOC(=O)c1c(NC(=O)CSc2nnc(C3CCCCC3)n2N)sc(C)c1-c1ccc(C)cc1. The van der Waals surface area contributed by atoms with Crippen LogP contribution in [0.3, 0.4) is 0 Å². The Balaban J connectivity index is 1.50. The van der Waals surface area contributed by atoms with Crippen molar-refractivity contribution in [2.24, 2.45) is 0 Å². The number of carbonyl (C=O) groups is 2. The number of nitrogen functional groups attached to an aromatic ring is 1. The van der Waals surface area contributed by atoms with Gasteiger partial charge in [-0.15, -0.1) is 21.5 Å². The van der Waals surface area contributed by atoms with Gasteiger partial charge in [0.05, 0.1) is 12.4 Å². The number of nitrogens with two attached hydrogens (primary N) is 1. The first-order valence-electron chi connectivity index (χ1n) is 11.9. The van der Waals surface area contributed by atoms with Crippen molar-refractivity contribution in [2.45, 2.75) is 63.9 Å². The van der Waals surface area contributed by atoms with Crippen molar-refractivity contribution >= 4 is 40.0 Å². The van der Waals surface area contributed by atoms with Crippen LogP contribution in [0, 0.1) is 13.8 Å². The molecule has 0 saturated heterocycles. The normalized spacial score (nSPS) is 14.1. The summed E-state index contributed by atoms with van der Waals surface area (Å²) < 4.78 is 6.84. The monoisotopic (exact) mass is 513 g/mol. The van der Waals surface area contributed by atoms with E-state index in [9.17, 15) is 9.59 Å². The van der Waals surface area contributed by atoms with Crippen molar-refractivity contribution in [2.75, 3.05) is 23.5 Å². The molecule has 0 atom stereocenters. The van der Waals surface area contributed by atoms with Crippen LogP contribution in [-0.4, -0.2) is 39.1 Å². The Bertz CT molecular complexity index is 1200. The minimum atomic E-state index is -0.450. The molecule has 1 amide bonds. The Kier molecular flexibility index (Phi) is 8.12. The number of rotatable bonds is 8. The summed E-state index contributed by atoms with van der Waals surface area (Å²) in [4.78, 5) is 26.7. The molecular weight excluding hydrogens is 482 g/mol. The molecule has 1 saturated carbocycles. The smallest absolute Gasteiger partial charge is 0.341 e. The Morgan fingerprint density at radius 2 is 1.89 bits per heavy atom. The molecule has 0 aliphatic heterocycles.